The quantitative estimate of drug-likeness (QED) is 0.793. The van der Waals surface area contributed by atoms with Gasteiger partial charge in [-0.3, -0.25) is 9.69 Å². The van der Waals surface area contributed by atoms with Crippen molar-refractivity contribution in [3.63, 3.8) is 0 Å². The predicted octanol–water partition coefficient (Wildman–Crippen LogP) is 3.02. The highest BCUT2D eigenvalue weighted by molar-refractivity contribution is 5.77. The van der Waals surface area contributed by atoms with Crippen molar-refractivity contribution in [3.8, 4) is 6.07 Å². The number of hydrogen-bond acceptors (Lipinski definition) is 5. The van der Waals surface area contributed by atoms with Crippen LogP contribution in [0.3, 0.4) is 0 Å². The van der Waals surface area contributed by atoms with Crippen molar-refractivity contribution >= 4 is 12.1 Å². The van der Waals surface area contributed by atoms with E-state index in [2.05, 4.69) is 6.07 Å². The van der Waals surface area contributed by atoms with Crippen molar-refractivity contribution in [2.45, 2.75) is 51.4 Å². The molecule has 0 aromatic heterocycles. The Labute approximate surface area is 142 Å². The van der Waals surface area contributed by atoms with Crippen LogP contribution in [0.2, 0.25) is 0 Å². The Balaban J connectivity index is 1.94. The van der Waals surface area contributed by atoms with Gasteiger partial charge >= 0.3 is 12.1 Å². The molecule has 0 radical (unpaired) electrons. The van der Waals surface area contributed by atoms with Crippen molar-refractivity contribution in [1.82, 2.24) is 4.90 Å². The van der Waals surface area contributed by atoms with Gasteiger partial charge in [0.1, 0.15) is 17.7 Å². The van der Waals surface area contributed by atoms with Crippen LogP contribution < -0.4 is 0 Å². The van der Waals surface area contributed by atoms with Gasteiger partial charge in [-0.05, 0) is 26.3 Å². The van der Waals surface area contributed by atoms with Crippen molar-refractivity contribution in [2.75, 3.05) is 6.54 Å². The largest absolute Gasteiger partial charge is 0.461 e. The Morgan fingerprint density at radius 2 is 1.96 bits per heavy atom. The van der Waals surface area contributed by atoms with Gasteiger partial charge in [-0.1, -0.05) is 30.3 Å². The van der Waals surface area contributed by atoms with Crippen molar-refractivity contribution in [1.29, 1.82) is 5.26 Å². The van der Waals surface area contributed by atoms with E-state index >= 15 is 0 Å². The summed E-state index contributed by atoms with van der Waals surface area (Å²) in [5.74, 6) is -0.506. The number of carbonyl (C=O) groups excluding carboxylic acids is 2. The third-order valence-corrected chi connectivity index (χ3v) is 3.77. The molecular weight excluding hydrogens is 308 g/mol. The zero-order valence-corrected chi connectivity index (χ0v) is 14.2. The Kier molecular flexibility index (Phi) is 5.13. The molecule has 1 saturated heterocycles. The van der Waals surface area contributed by atoms with Crippen LogP contribution in [0.1, 0.15) is 39.2 Å². The van der Waals surface area contributed by atoms with E-state index < -0.39 is 23.2 Å². The van der Waals surface area contributed by atoms with Gasteiger partial charge in [0.15, 0.2) is 0 Å². The van der Waals surface area contributed by atoms with Gasteiger partial charge < -0.3 is 9.47 Å². The second kappa shape index (κ2) is 6.91. The molecule has 0 saturated carbocycles. The molecule has 0 bridgehead atoms. The lowest BCUT2D eigenvalue weighted by Gasteiger charge is -2.47. The highest BCUT2D eigenvalue weighted by atomic mass is 16.6. The second-order valence-electron chi connectivity index (χ2n) is 6.85. The first-order valence-electron chi connectivity index (χ1n) is 7.87. The standard InChI is InChI=1S/C18H22N2O4/c1-17(2,3)24-16(22)20-10-9-18(20,13-19)11-15(21)23-12-14-7-5-4-6-8-14/h4-8H,9-12H2,1-3H3. The average Bonchev–Trinajstić information content (AvgIpc) is 2.48. The van der Waals surface area contributed by atoms with Crippen LogP contribution in [0.5, 0.6) is 0 Å². The van der Waals surface area contributed by atoms with Crippen LogP contribution in [0.4, 0.5) is 4.79 Å². The molecule has 1 aromatic rings. The molecule has 6 heteroatoms. The molecular formula is C18H22N2O4. The van der Waals surface area contributed by atoms with E-state index in [9.17, 15) is 14.9 Å². The maximum atomic E-state index is 12.2. The van der Waals surface area contributed by atoms with Crippen molar-refractivity contribution in [2.24, 2.45) is 0 Å². The molecule has 1 fully saturated rings. The molecule has 1 atom stereocenters. The van der Waals surface area contributed by atoms with Crippen LogP contribution in [0, 0.1) is 11.3 Å². The monoisotopic (exact) mass is 330 g/mol. The minimum absolute atomic E-state index is 0.146. The lowest BCUT2D eigenvalue weighted by molar-refractivity contribution is -0.149. The maximum Gasteiger partial charge on any atom is 0.411 e. The Hall–Kier alpha value is -2.55. The highest BCUT2D eigenvalue weighted by Crippen LogP contribution is 2.35. The first-order valence-corrected chi connectivity index (χ1v) is 7.87. The van der Waals surface area contributed by atoms with Crippen molar-refractivity contribution in [3.05, 3.63) is 35.9 Å². The Morgan fingerprint density at radius 3 is 2.46 bits per heavy atom. The molecule has 1 aliphatic rings. The summed E-state index contributed by atoms with van der Waals surface area (Å²) in [4.78, 5) is 25.6. The fourth-order valence-electron chi connectivity index (χ4n) is 2.44. The fraction of sp³-hybridized carbons (Fsp3) is 0.500. The van der Waals surface area contributed by atoms with Gasteiger partial charge in [-0.25, -0.2) is 4.79 Å². The number of nitrogens with zero attached hydrogens (tertiary/aromatic N) is 2. The Morgan fingerprint density at radius 1 is 1.29 bits per heavy atom. The topological polar surface area (TPSA) is 79.6 Å². The van der Waals surface area contributed by atoms with E-state index in [1.54, 1.807) is 20.8 Å². The molecule has 128 valence electrons. The van der Waals surface area contributed by atoms with Gasteiger partial charge in [0.05, 0.1) is 12.5 Å². The molecule has 0 aliphatic carbocycles. The number of amides is 1. The van der Waals surface area contributed by atoms with Gasteiger partial charge in [0.2, 0.25) is 0 Å². The van der Waals surface area contributed by atoms with Crippen LogP contribution >= 0.6 is 0 Å². The predicted molar refractivity (Wildman–Crippen MR) is 86.8 cm³/mol. The summed E-state index contributed by atoms with van der Waals surface area (Å²) in [5.41, 5.74) is -0.952. The SMILES string of the molecule is CC(C)(C)OC(=O)N1CCC1(C#N)CC(=O)OCc1ccccc1. The molecule has 1 heterocycles. The maximum absolute atomic E-state index is 12.2. The molecule has 1 amide bonds. The van der Waals surface area contributed by atoms with Gasteiger partial charge in [0.25, 0.3) is 0 Å². The summed E-state index contributed by atoms with van der Waals surface area (Å²) in [6, 6.07) is 11.4. The van der Waals surface area contributed by atoms with E-state index in [1.807, 2.05) is 30.3 Å². The van der Waals surface area contributed by atoms with Crippen LogP contribution in [0.15, 0.2) is 30.3 Å². The molecule has 2 rings (SSSR count). The van der Waals surface area contributed by atoms with Crippen LogP contribution in [-0.2, 0) is 20.9 Å². The van der Waals surface area contributed by atoms with E-state index in [0.29, 0.717) is 13.0 Å². The van der Waals surface area contributed by atoms with Gasteiger partial charge in [0, 0.05) is 13.0 Å². The number of esters is 1. The van der Waals surface area contributed by atoms with E-state index in [1.165, 1.54) is 4.90 Å². The number of ether oxygens (including phenoxy) is 2. The number of carbonyl (C=O) groups is 2. The second-order valence-corrected chi connectivity index (χ2v) is 6.85. The molecule has 24 heavy (non-hydrogen) atoms. The van der Waals surface area contributed by atoms with Gasteiger partial charge in [-0.2, -0.15) is 5.26 Å². The smallest absolute Gasteiger partial charge is 0.411 e. The normalized spacial score (nSPS) is 19.8. The zero-order valence-electron chi connectivity index (χ0n) is 14.2. The first-order chi connectivity index (χ1) is 11.3. The van der Waals surface area contributed by atoms with Crippen LogP contribution in [0.25, 0.3) is 0 Å². The number of rotatable bonds is 4. The molecule has 1 aromatic carbocycles. The average molecular weight is 330 g/mol. The number of nitriles is 1. The third kappa shape index (κ3) is 4.25. The minimum Gasteiger partial charge on any atom is -0.461 e. The third-order valence-electron chi connectivity index (χ3n) is 3.77. The summed E-state index contributed by atoms with van der Waals surface area (Å²) in [6.45, 7) is 5.81. The fourth-order valence-corrected chi connectivity index (χ4v) is 2.44. The molecule has 1 aliphatic heterocycles. The van der Waals surface area contributed by atoms with Gasteiger partial charge in [-0.15, -0.1) is 0 Å². The molecule has 0 spiro atoms. The lowest BCUT2D eigenvalue weighted by atomic mass is 9.83. The summed E-state index contributed by atoms with van der Waals surface area (Å²) in [7, 11) is 0. The molecule has 0 N–H and O–H groups in total. The summed E-state index contributed by atoms with van der Waals surface area (Å²) < 4.78 is 10.5. The van der Waals surface area contributed by atoms with E-state index in [-0.39, 0.29) is 13.0 Å². The molecule has 6 nitrogen and oxygen atoms in total. The number of hydrogen-bond donors (Lipinski definition) is 0. The summed E-state index contributed by atoms with van der Waals surface area (Å²) in [6.07, 6.45) is -0.301. The summed E-state index contributed by atoms with van der Waals surface area (Å²) in [5, 5.41) is 9.48. The Bertz CT molecular complexity index is 645. The highest BCUT2D eigenvalue weighted by Gasteiger charge is 2.51. The van der Waals surface area contributed by atoms with Crippen LogP contribution in [-0.4, -0.2) is 34.6 Å². The lowest BCUT2D eigenvalue weighted by Crippen LogP contribution is -2.63. The number of likely N-dealkylation sites (tertiary alicyclic amines) is 1. The van der Waals surface area contributed by atoms with E-state index in [0.717, 1.165) is 5.56 Å². The summed E-state index contributed by atoms with van der Waals surface area (Å²) >= 11 is 0. The first kappa shape index (κ1) is 17.8. The van der Waals surface area contributed by atoms with Crippen molar-refractivity contribution < 1.29 is 19.1 Å². The molecule has 1 unspecified atom stereocenters. The zero-order chi connectivity index (χ0) is 17.8. The number of benzene rings is 1. The van der Waals surface area contributed by atoms with E-state index in [4.69, 9.17) is 9.47 Å². The minimum atomic E-state index is -1.17.